The highest BCUT2D eigenvalue weighted by Crippen LogP contribution is 2.50. The van der Waals surface area contributed by atoms with E-state index in [9.17, 15) is 4.79 Å². The third-order valence-corrected chi connectivity index (χ3v) is 7.62. The van der Waals surface area contributed by atoms with Crippen LogP contribution < -0.4 is 15.1 Å². The standard InChI is InChI=1S/C31H35N3O/c1-4-33(5-2)24-18-15-22(16-19-24)30-27-14-10-13-26(27)28-21-23(17-20-29(28)32-30)31(35)34(6-3)25-11-8-7-9-12-25/h7-13,15-21,26-27,30,32H,4-6,14H2,1-3H3. The van der Waals surface area contributed by atoms with Crippen LogP contribution in [-0.2, 0) is 0 Å². The topological polar surface area (TPSA) is 35.6 Å². The molecule has 0 saturated carbocycles. The van der Waals surface area contributed by atoms with Crippen molar-refractivity contribution < 1.29 is 4.79 Å². The molecule has 0 saturated heterocycles. The largest absolute Gasteiger partial charge is 0.378 e. The summed E-state index contributed by atoms with van der Waals surface area (Å²) in [5, 5.41) is 3.82. The number of benzene rings is 3. The molecule has 3 atom stereocenters. The van der Waals surface area contributed by atoms with E-state index in [0.717, 1.165) is 36.4 Å². The minimum Gasteiger partial charge on any atom is -0.378 e. The summed E-state index contributed by atoms with van der Waals surface area (Å²) in [6.45, 7) is 9.09. The van der Waals surface area contributed by atoms with Gasteiger partial charge in [0.1, 0.15) is 0 Å². The molecule has 1 amide bonds. The lowest BCUT2D eigenvalue weighted by molar-refractivity contribution is 0.0988. The maximum atomic E-state index is 13.5. The second-order valence-corrected chi connectivity index (χ2v) is 9.43. The molecule has 0 fully saturated rings. The fraction of sp³-hybridized carbons (Fsp3) is 0.323. The molecule has 1 heterocycles. The van der Waals surface area contributed by atoms with Crippen LogP contribution in [0.25, 0.3) is 0 Å². The van der Waals surface area contributed by atoms with Gasteiger partial charge in [-0.1, -0.05) is 42.5 Å². The zero-order valence-electron chi connectivity index (χ0n) is 20.9. The van der Waals surface area contributed by atoms with Crippen molar-refractivity contribution in [1.82, 2.24) is 0 Å². The maximum absolute atomic E-state index is 13.5. The molecule has 3 aromatic rings. The molecule has 1 N–H and O–H groups in total. The Labute approximate surface area is 209 Å². The average molecular weight is 466 g/mol. The van der Waals surface area contributed by atoms with Crippen molar-refractivity contribution in [2.75, 3.05) is 34.8 Å². The molecule has 1 aliphatic carbocycles. The number of allylic oxidation sites excluding steroid dienone is 2. The molecular formula is C31H35N3O. The SMILES string of the molecule is CCN(CC)c1ccc(C2Nc3ccc(C(=O)N(CC)c4ccccc4)cc3C3C=CCC32)cc1. The number of hydrogen-bond acceptors (Lipinski definition) is 3. The first-order chi connectivity index (χ1) is 17.1. The summed E-state index contributed by atoms with van der Waals surface area (Å²) < 4.78 is 0. The molecule has 0 radical (unpaired) electrons. The number of rotatable bonds is 7. The average Bonchev–Trinajstić information content (AvgIpc) is 3.41. The number of para-hydroxylation sites is 1. The zero-order chi connectivity index (χ0) is 24.4. The second kappa shape index (κ2) is 9.99. The van der Waals surface area contributed by atoms with Crippen LogP contribution in [0.1, 0.15) is 60.6 Å². The van der Waals surface area contributed by atoms with Crippen molar-refractivity contribution in [3.63, 3.8) is 0 Å². The summed E-state index contributed by atoms with van der Waals surface area (Å²) in [6, 6.07) is 25.4. The summed E-state index contributed by atoms with van der Waals surface area (Å²) in [5.74, 6) is 0.816. The van der Waals surface area contributed by atoms with Crippen LogP contribution in [0, 0.1) is 5.92 Å². The van der Waals surface area contributed by atoms with Crippen LogP contribution in [0.3, 0.4) is 0 Å². The summed E-state index contributed by atoms with van der Waals surface area (Å²) in [7, 11) is 0. The Morgan fingerprint density at radius 1 is 0.886 bits per heavy atom. The third-order valence-electron chi connectivity index (χ3n) is 7.62. The summed E-state index contributed by atoms with van der Waals surface area (Å²) in [5.41, 5.74) is 6.65. The van der Waals surface area contributed by atoms with Gasteiger partial charge in [0.15, 0.2) is 0 Å². The summed E-state index contributed by atoms with van der Waals surface area (Å²) in [6.07, 6.45) is 5.69. The van der Waals surface area contributed by atoms with E-state index in [2.05, 4.69) is 72.6 Å². The summed E-state index contributed by atoms with van der Waals surface area (Å²) >= 11 is 0. The van der Waals surface area contributed by atoms with Crippen LogP contribution in [0.15, 0.2) is 84.9 Å². The lowest BCUT2D eigenvalue weighted by atomic mass is 9.76. The summed E-state index contributed by atoms with van der Waals surface area (Å²) in [4.78, 5) is 17.7. The first-order valence-electron chi connectivity index (χ1n) is 12.9. The highest BCUT2D eigenvalue weighted by molar-refractivity contribution is 6.06. The number of carbonyl (C=O) groups is 1. The van der Waals surface area contributed by atoms with E-state index in [1.54, 1.807) is 0 Å². The predicted molar refractivity (Wildman–Crippen MR) is 147 cm³/mol. The van der Waals surface area contributed by atoms with Gasteiger partial charge in [0.2, 0.25) is 0 Å². The lowest BCUT2D eigenvalue weighted by Crippen LogP contribution is -2.32. The van der Waals surface area contributed by atoms with Crippen LogP contribution in [0.2, 0.25) is 0 Å². The van der Waals surface area contributed by atoms with Gasteiger partial charge in [-0.05, 0) is 86.7 Å². The third kappa shape index (κ3) is 4.34. The van der Waals surface area contributed by atoms with Crippen molar-refractivity contribution in [2.24, 2.45) is 5.92 Å². The number of fused-ring (bicyclic) bond motifs is 3. The minimum atomic E-state index is 0.0501. The molecule has 0 bridgehead atoms. The Bertz CT molecular complexity index is 1200. The van der Waals surface area contributed by atoms with Gasteiger partial charge in [-0.2, -0.15) is 0 Å². The van der Waals surface area contributed by atoms with E-state index < -0.39 is 0 Å². The minimum absolute atomic E-state index is 0.0501. The van der Waals surface area contributed by atoms with Crippen molar-refractivity contribution >= 4 is 23.0 Å². The molecule has 0 aromatic heterocycles. The van der Waals surface area contributed by atoms with Gasteiger partial charge >= 0.3 is 0 Å². The van der Waals surface area contributed by atoms with Crippen LogP contribution in [0.5, 0.6) is 0 Å². The monoisotopic (exact) mass is 465 g/mol. The smallest absolute Gasteiger partial charge is 0.258 e. The second-order valence-electron chi connectivity index (χ2n) is 9.43. The van der Waals surface area contributed by atoms with Gasteiger partial charge < -0.3 is 15.1 Å². The van der Waals surface area contributed by atoms with Crippen molar-refractivity contribution in [1.29, 1.82) is 0 Å². The molecule has 35 heavy (non-hydrogen) atoms. The molecule has 3 unspecified atom stereocenters. The van der Waals surface area contributed by atoms with E-state index in [0.29, 0.717) is 18.4 Å². The normalized spacial score (nSPS) is 20.0. The highest BCUT2D eigenvalue weighted by Gasteiger charge is 2.38. The van der Waals surface area contributed by atoms with E-state index in [1.165, 1.54) is 16.8 Å². The van der Waals surface area contributed by atoms with Crippen molar-refractivity contribution in [2.45, 2.75) is 39.2 Å². The van der Waals surface area contributed by atoms with Crippen molar-refractivity contribution in [3.8, 4) is 0 Å². The Morgan fingerprint density at radius 3 is 2.31 bits per heavy atom. The van der Waals surface area contributed by atoms with Gasteiger partial charge in [0, 0.05) is 48.2 Å². The van der Waals surface area contributed by atoms with Crippen LogP contribution >= 0.6 is 0 Å². The molecular weight excluding hydrogens is 430 g/mol. The van der Waals surface area contributed by atoms with Gasteiger partial charge in [0.05, 0.1) is 6.04 Å². The number of carbonyl (C=O) groups excluding carboxylic acids is 1. The van der Waals surface area contributed by atoms with Crippen molar-refractivity contribution in [3.05, 3.63) is 102 Å². The maximum Gasteiger partial charge on any atom is 0.258 e. The van der Waals surface area contributed by atoms with E-state index >= 15 is 0 Å². The first-order valence-corrected chi connectivity index (χ1v) is 12.9. The number of nitrogens with zero attached hydrogens (tertiary/aromatic N) is 2. The van der Waals surface area contributed by atoms with E-state index in [1.807, 2.05) is 48.2 Å². The van der Waals surface area contributed by atoms with Gasteiger partial charge in [-0.3, -0.25) is 4.79 Å². The number of anilines is 3. The predicted octanol–water partition coefficient (Wildman–Crippen LogP) is 7.03. The number of nitrogens with one attached hydrogen (secondary N) is 1. The molecule has 5 rings (SSSR count). The van der Waals surface area contributed by atoms with E-state index in [4.69, 9.17) is 0 Å². The molecule has 1 aliphatic heterocycles. The fourth-order valence-electron chi connectivity index (χ4n) is 5.75. The molecule has 4 heteroatoms. The molecule has 180 valence electrons. The van der Waals surface area contributed by atoms with Crippen LogP contribution in [-0.4, -0.2) is 25.5 Å². The number of amides is 1. The Balaban J connectivity index is 1.43. The molecule has 2 aliphatic rings. The Kier molecular flexibility index (Phi) is 6.63. The number of hydrogen-bond donors (Lipinski definition) is 1. The molecule has 0 spiro atoms. The van der Waals surface area contributed by atoms with E-state index in [-0.39, 0.29) is 11.9 Å². The Hall–Kier alpha value is -3.53. The zero-order valence-corrected chi connectivity index (χ0v) is 20.9. The highest BCUT2D eigenvalue weighted by atomic mass is 16.2. The quantitative estimate of drug-likeness (QED) is 0.381. The van der Waals surface area contributed by atoms with Gasteiger partial charge in [-0.15, -0.1) is 0 Å². The molecule has 3 aromatic carbocycles. The Morgan fingerprint density at radius 2 is 1.63 bits per heavy atom. The fourth-order valence-corrected chi connectivity index (χ4v) is 5.75. The molecule has 4 nitrogen and oxygen atoms in total. The first kappa shape index (κ1) is 23.2. The van der Waals surface area contributed by atoms with Gasteiger partial charge in [0.25, 0.3) is 5.91 Å². The van der Waals surface area contributed by atoms with Gasteiger partial charge in [-0.25, -0.2) is 0 Å². The lowest BCUT2D eigenvalue weighted by Gasteiger charge is -2.38. The van der Waals surface area contributed by atoms with Crippen LogP contribution in [0.4, 0.5) is 17.1 Å².